The van der Waals surface area contributed by atoms with Crippen LogP contribution in [-0.2, 0) is 9.53 Å². The van der Waals surface area contributed by atoms with Crippen LogP contribution in [0.3, 0.4) is 0 Å². The third-order valence-electron chi connectivity index (χ3n) is 1.74. The first kappa shape index (κ1) is 10.5. The Morgan fingerprint density at radius 3 is 3.21 bits per heavy atom. The van der Waals surface area contributed by atoms with Crippen molar-refractivity contribution in [2.24, 2.45) is 4.99 Å². The van der Waals surface area contributed by atoms with E-state index in [1.807, 2.05) is 0 Å². The van der Waals surface area contributed by atoms with Crippen LogP contribution >= 0.6 is 0 Å². The Hall–Kier alpha value is -1.58. The lowest BCUT2D eigenvalue weighted by Crippen LogP contribution is -1.99. The Balaban J connectivity index is 2.68. The topological polar surface area (TPSA) is 58.9 Å². The molecule has 0 bridgehead atoms. The van der Waals surface area contributed by atoms with Gasteiger partial charge in [-0.3, -0.25) is 9.79 Å². The molecule has 0 atom stereocenters. The van der Waals surface area contributed by atoms with Crippen LogP contribution in [0, 0.1) is 0 Å². The number of aliphatic imine (C=N–C) groups is 1. The molecule has 1 aliphatic heterocycles. The summed E-state index contributed by atoms with van der Waals surface area (Å²) in [6.07, 6.45) is 5.38. The third-order valence-corrected chi connectivity index (χ3v) is 1.74. The lowest BCUT2D eigenvalue weighted by Gasteiger charge is -1.98. The zero-order chi connectivity index (χ0) is 10.4. The van der Waals surface area contributed by atoms with Gasteiger partial charge in [0, 0.05) is 6.92 Å². The maximum Gasteiger partial charge on any atom is 0.307 e. The van der Waals surface area contributed by atoms with Gasteiger partial charge in [0.1, 0.15) is 6.61 Å². The zero-order valence-corrected chi connectivity index (χ0v) is 8.06. The summed E-state index contributed by atoms with van der Waals surface area (Å²) in [5.74, 6) is -0.204. The standard InChI is InChI=1S/C10H13NO3/c1-8-11-5-4-9(7-10(12)13)3-2-6-14-8/h2-4H,5-7H2,1H3,(H,12,13). The monoisotopic (exact) mass is 195 g/mol. The second-order valence-corrected chi connectivity index (χ2v) is 2.92. The van der Waals surface area contributed by atoms with E-state index < -0.39 is 5.97 Å². The minimum atomic E-state index is -0.832. The Morgan fingerprint density at radius 1 is 1.71 bits per heavy atom. The SMILES string of the molecule is CC1=NCC=C(CC(=O)O)C=CCO1. The Labute approximate surface area is 82.6 Å². The van der Waals surface area contributed by atoms with E-state index in [1.54, 1.807) is 25.2 Å². The Bertz CT molecular complexity index is 302. The Kier molecular flexibility index (Phi) is 3.91. The lowest BCUT2D eigenvalue weighted by molar-refractivity contribution is -0.136. The van der Waals surface area contributed by atoms with Crippen molar-refractivity contribution in [1.82, 2.24) is 0 Å². The van der Waals surface area contributed by atoms with Crippen LogP contribution in [-0.4, -0.2) is 30.1 Å². The van der Waals surface area contributed by atoms with Gasteiger partial charge in [0.05, 0.1) is 13.0 Å². The van der Waals surface area contributed by atoms with E-state index in [9.17, 15) is 4.79 Å². The molecular weight excluding hydrogens is 182 g/mol. The van der Waals surface area contributed by atoms with Gasteiger partial charge in [-0.2, -0.15) is 0 Å². The van der Waals surface area contributed by atoms with Crippen LogP contribution < -0.4 is 0 Å². The number of carbonyl (C=O) groups is 1. The molecular formula is C10H13NO3. The van der Waals surface area contributed by atoms with Crippen molar-refractivity contribution in [3.05, 3.63) is 23.8 Å². The van der Waals surface area contributed by atoms with E-state index in [0.717, 1.165) is 5.57 Å². The molecule has 14 heavy (non-hydrogen) atoms. The maximum absolute atomic E-state index is 10.5. The zero-order valence-electron chi connectivity index (χ0n) is 8.06. The number of nitrogens with zero attached hydrogens (tertiary/aromatic N) is 1. The van der Waals surface area contributed by atoms with E-state index in [2.05, 4.69) is 4.99 Å². The van der Waals surface area contributed by atoms with E-state index in [1.165, 1.54) is 0 Å². The van der Waals surface area contributed by atoms with Gasteiger partial charge in [0.25, 0.3) is 0 Å². The normalized spacial score (nSPS) is 16.9. The van der Waals surface area contributed by atoms with Crippen molar-refractivity contribution in [3.63, 3.8) is 0 Å². The van der Waals surface area contributed by atoms with E-state index >= 15 is 0 Å². The molecule has 4 nitrogen and oxygen atoms in total. The molecule has 0 aromatic heterocycles. The van der Waals surface area contributed by atoms with Crippen molar-refractivity contribution >= 4 is 11.9 Å². The minimum absolute atomic E-state index is 0.0328. The van der Waals surface area contributed by atoms with Crippen LogP contribution in [0.1, 0.15) is 13.3 Å². The van der Waals surface area contributed by atoms with Gasteiger partial charge in [-0.25, -0.2) is 0 Å². The number of allylic oxidation sites excluding steroid dienone is 1. The highest BCUT2D eigenvalue weighted by atomic mass is 16.5. The smallest absolute Gasteiger partial charge is 0.307 e. The summed E-state index contributed by atoms with van der Waals surface area (Å²) in [7, 11) is 0. The van der Waals surface area contributed by atoms with Crippen molar-refractivity contribution in [1.29, 1.82) is 0 Å². The van der Waals surface area contributed by atoms with Gasteiger partial charge in [-0.1, -0.05) is 12.2 Å². The highest BCUT2D eigenvalue weighted by Gasteiger charge is 2.01. The molecule has 1 heterocycles. The van der Waals surface area contributed by atoms with Gasteiger partial charge in [0.15, 0.2) is 5.90 Å². The molecule has 0 spiro atoms. The van der Waals surface area contributed by atoms with Crippen LogP contribution in [0.25, 0.3) is 0 Å². The number of carboxylic acids is 1. The highest BCUT2D eigenvalue weighted by molar-refractivity contribution is 5.73. The number of aliphatic carboxylic acids is 1. The molecule has 0 aromatic carbocycles. The first-order valence-electron chi connectivity index (χ1n) is 4.39. The van der Waals surface area contributed by atoms with Crippen LogP contribution in [0.15, 0.2) is 28.8 Å². The summed E-state index contributed by atoms with van der Waals surface area (Å²) in [6, 6.07) is 0. The molecule has 1 N–H and O–H groups in total. The molecule has 1 aliphatic rings. The number of ether oxygens (including phenoxy) is 1. The molecule has 4 heteroatoms. The van der Waals surface area contributed by atoms with Gasteiger partial charge in [0.2, 0.25) is 0 Å². The maximum atomic E-state index is 10.5. The van der Waals surface area contributed by atoms with E-state index in [4.69, 9.17) is 9.84 Å². The molecule has 1 rings (SSSR count). The average molecular weight is 195 g/mol. The Morgan fingerprint density at radius 2 is 2.50 bits per heavy atom. The molecule has 0 saturated heterocycles. The summed E-state index contributed by atoms with van der Waals surface area (Å²) in [5.41, 5.74) is 0.763. The summed E-state index contributed by atoms with van der Waals surface area (Å²) in [5, 5.41) is 8.61. The molecule has 0 fully saturated rings. The number of hydrogen-bond acceptors (Lipinski definition) is 3. The predicted octanol–water partition coefficient (Wildman–Crippen LogP) is 1.39. The minimum Gasteiger partial charge on any atom is -0.481 e. The molecule has 0 radical (unpaired) electrons. The fraction of sp³-hybridized carbons (Fsp3) is 0.400. The van der Waals surface area contributed by atoms with Crippen molar-refractivity contribution in [2.75, 3.05) is 13.2 Å². The molecule has 0 aliphatic carbocycles. The van der Waals surface area contributed by atoms with E-state index in [0.29, 0.717) is 19.0 Å². The number of rotatable bonds is 2. The van der Waals surface area contributed by atoms with Gasteiger partial charge in [-0.15, -0.1) is 0 Å². The highest BCUT2D eigenvalue weighted by Crippen LogP contribution is 2.05. The number of carboxylic acid groups (broad SMARTS) is 1. The predicted molar refractivity (Wildman–Crippen MR) is 53.4 cm³/mol. The van der Waals surface area contributed by atoms with E-state index in [-0.39, 0.29) is 6.42 Å². The van der Waals surface area contributed by atoms with Crippen molar-refractivity contribution < 1.29 is 14.6 Å². The van der Waals surface area contributed by atoms with Crippen LogP contribution in [0.5, 0.6) is 0 Å². The fourth-order valence-corrected chi connectivity index (χ4v) is 1.08. The largest absolute Gasteiger partial charge is 0.481 e. The summed E-state index contributed by atoms with van der Waals surface area (Å²) in [6.45, 7) is 2.69. The molecule has 0 saturated carbocycles. The average Bonchev–Trinajstić information content (AvgIpc) is 2.18. The van der Waals surface area contributed by atoms with Crippen LogP contribution in [0.2, 0.25) is 0 Å². The molecule has 76 valence electrons. The van der Waals surface area contributed by atoms with Gasteiger partial charge in [-0.05, 0) is 11.6 Å². The fourth-order valence-electron chi connectivity index (χ4n) is 1.08. The first-order valence-corrected chi connectivity index (χ1v) is 4.39. The quantitative estimate of drug-likeness (QED) is 0.724. The summed E-state index contributed by atoms with van der Waals surface area (Å²) < 4.78 is 5.20. The third kappa shape index (κ3) is 3.89. The second-order valence-electron chi connectivity index (χ2n) is 2.92. The van der Waals surface area contributed by atoms with Gasteiger partial charge < -0.3 is 9.84 Å². The lowest BCUT2D eigenvalue weighted by atomic mass is 10.1. The van der Waals surface area contributed by atoms with Crippen LogP contribution in [0.4, 0.5) is 0 Å². The number of hydrogen-bond donors (Lipinski definition) is 1. The van der Waals surface area contributed by atoms with Crippen molar-refractivity contribution in [2.45, 2.75) is 13.3 Å². The second kappa shape index (κ2) is 5.21. The van der Waals surface area contributed by atoms with Gasteiger partial charge >= 0.3 is 5.97 Å². The van der Waals surface area contributed by atoms with Crippen molar-refractivity contribution in [3.8, 4) is 0 Å². The molecule has 0 unspecified atom stereocenters. The molecule has 0 aromatic rings. The summed E-state index contributed by atoms with van der Waals surface area (Å²) in [4.78, 5) is 14.6. The first-order chi connectivity index (χ1) is 6.68. The summed E-state index contributed by atoms with van der Waals surface area (Å²) >= 11 is 0. The molecule has 0 amide bonds.